The van der Waals surface area contributed by atoms with Gasteiger partial charge in [-0.05, 0) is 42.3 Å². The highest BCUT2D eigenvalue weighted by Crippen LogP contribution is 2.31. The van der Waals surface area contributed by atoms with Gasteiger partial charge in [0.05, 0.1) is 5.25 Å². The number of anilines is 2. The second kappa shape index (κ2) is 9.93. The fraction of sp³-hybridized carbons (Fsp3) is 0.167. The van der Waals surface area contributed by atoms with Crippen LogP contribution in [0.2, 0.25) is 0 Å². The molecule has 0 saturated carbocycles. The number of rotatable bonds is 7. The van der Waals surface area contributed by atoms with Crippen molar-refractivity contribution < 1.29 is 9.59 Å². The van der Waals surface area contributed by atoms with Crippen molar-refractivity contribution in [3.05, 3.63) is 77.9 Å². The molecule has 8 heteroatoms. The molecule has 4 aromatic rings. The van der Waals surface area contributed by atoms with Crippen LogP contribution in [0.3, 0.4) is 0 Å². The molecule has 0 aliphatic carbocycles. The van der Waals surface area contributed by atoms with E-state index in [4.69, 9.17) is 0 Å². The third kappa shape index (κ3) is 5.15. The predicted octanol–water partition coefficient (Wildman–Crippen LogP) is 5.76. The molecule has 0 radical (unpaired) electrons. The Bertz CT molecular complexity index is 1250. The summed E-state index contributed by atoms with van der Waals surface area (Å²) in [6.07, 6.45) is 0.639. The lowest BCUT2D eigenvalue weighted by Crippen LogP contribution is -2.24. The van der Waals surface area contributed by atoms with Gasteiger partial charge in [-0.1, -0.05) is 84.1 Å². The van der Waals surface area contributed by atoms with Crippen LogP contribution in [0.4, 0.5) is 10.8 Å². The van der Waals surface area contributed by atoms with Gasteiger partial charge in [0, 0.05) is 11.3 Å². The highest BCUT2D eigenvalue weighted by Gasteiger charge is 2.21. The number of hydrogen-bond donors (Lipinski definition) is 2. The van der Waals surface area contributed by atoms with Crippen LogP contribution in [0.5, 0.6) is 0 Å². The van der Waals surface area contributed by atoms with Crippen LogP contribution in [0.25, 0.3) is 10.8 Å². The lowest BCUT2D eigenvalue weighted by atomic mass is 10.0. The van der Waals surface area contributed by atoms with Gasteiger partial charge in [0.25, 0.3) is 5.91 Å². The van der Waals surface area contributed by atoms with Gasteiger partial charge in [0.2, 0.25) is 11.0 Å². The van der Waals surface area contributed by atoms with Crippen LogP contribution in [-0.2, 0) is 4.79 Å². The summed E-state index contributed by atoms with van der Waals surface area (Å²) in [5.41, 5.74) is 2.48. The van der Waals surface area contributed by atoms with Crippen LogP contribution in [-0.4, -0.2) is 27.3 Å². The standard InChI is InChI=1S/C24H22N4O2S2/c1-3-20(22(30)25-17-13-11-15(2)12-14-17)31-24-28-27-23(32-24)26-21(29)19-10-6-8-16-7-4-5-9-18(16)19/h4-14,20H,3H2,1-2H3,(H,25,30)(H,26,27,29). The molecule has 1 unspecified atom stereocenters. The molecule has 0 saturated heterocycles. The van der Waals surface area contributed by atoms with Crippen LogP contribution in [0, 0.1) is 6.92 Å². The molecule has 0 bridgehead atoms. The molecule has 162 valence electrons. The number of aryl methyl sites for hydroxylation is 1. The van der Waals surface area contributed by atoms with E-state index in [1.165, 1.54) is 23.1 Å². The van der Waals surface area contributed by atoms with Crippen molar-refractivity contribution in [1.29, 1.82) is 0 Å². The summed E-state index contributed by atoms with van der Waals surface area (Å²) in [4.78, 5) is 25.5. The average Bonchev–Trinajstić information content (AvgIpc) is 3.25. The highest BCUT2D eigenvalue weighted by molar-refractivity contribution is 8.02. The van der Waals surface area contributed by atoms with Crippen LogP contribution in [0.15, 0.2) is 71.1 Å². The van der Waals surface area contributed by atoms with E-state index >= 15 is 0 Å². The maximum Gasteiger partial charge on any atom is 0.258 e. The van der Waals surface area contributed by atoms with Gasteiger partial charge in [-0.25, -0.2) is 0 Å². The van der Waals surface area contributed by atoms with Crippen molar-refractivity contribution in [2.24, 2.45) is 0 Å². The van der Waals surface area contributed by atoms with Crippen LogP contribution >= 0.6 is 23.1 Å². The molecule has 2 amide bonds. The Kier molecular flexibility index (Phi) is 6.82. The fourth-order valence-electron chi connectivity index (χ4n) is 3.20. The van der Waals surface area contributed by atoms with E-state index in [0.717, 1.165) is 22.0 Å². The summed E-state index contributed by atoms with van der Waals surface area (Å²) < 4.78 is 0.629. The molecule has 32 heavy (non-hydrogen) atoms. The lowest BCUT2D eigenvalue weighted by molar-refractivity contribution is -0.115. The Morgan fingerprint density at radius 2 is 1.72 bits per heavy atom. The second-order valence-corrected chi connectivity index (χ2v) is 9.65. The second-order valence-electron chi connectivity index (χ2n) is 7.22. The SMILES string of the molecule is CCC(Sc1nnc(NC(=O)c2cccc3ccccc23)s1)C(=O)Nc1ccc(C)cc1. The molecule has 2 N–H and O–H groups in total. The summed E-state index contributed by atoms with van der Waals surface area (Å²) in [5, 5.41) is 16.0. The van der Waals surface area contributed by atoms with Crippen molar-refractivity contribution in [3.8, 4) is 0 Å². The summed E-state index contributed by atoms with van der Waals surface area (Å²) in [7, 11) is 0. The molecular weight excluding hydrogens is 440 g/mol. The smallest absolute Gasteiger partial charge is 0.258 e. The molecule has 1 aromatic heterocycles. The average molecular weight is 463 g/mol. The Balaban J connectivity index is 1.41. The normalized spacial score (nSPS) is 11.8. The van der Waals surface area contributed by atoms with Gasteiger partial charge in [0.1, 0.15) is 0 Å². The van der Waals surface area contributed by atoms with Gasteiger partial charge < -0.3 is 5.32 Å². The van der Waals surface area contributed by atoms with Crippen LogP contribution in [0.1, 0.15) is 29.3 Å². The van der Waals surface area contributed by atoms with Gasteiger partial charge in [-0.2, -0.15) is 0 Å². The minimum Gasteiger partial charge on any atom is -0.325 e. The molecule has 1 heterocycles. The summed E-state index contributed by atoms with van der Waals surface area (Å²) in [5.74, 6) is -0.323. The van der Waals surface area contributed by atoms with Crippen LogP contribution < -0.4 is 10.6 Å². The number of aromatic nitrogens is 2. The summed E-state index contributed by atoms with van der Waals surface area (Å²) >= 11 is 2.61. The molecule has 0 aliphatic rings. The molecule has 4 rings (SSSR count). The molecular formula is C24H22N4O2S2. The highest BCUT2D eigenvalue weighted by atomic mass is 32.2. The monoisotopic (exact) mass is 462 g/mol. The zero-order valence-electron chi connectivity index (χ0n) is 17.7. The molecule has 3 aromatic carbocycles. The first-order chi connectivity index (χ1) is 15.5. The maximum atomic E-state index is 12.8. The van der Waals surface area contributed by atoms with Crippen molar-refractivity contribution in [3.63, 3.8) is 0 Å². The minimum absolute atomic E-state index is 0.0853. The van der Waals surface area contributed by atoms with E-state index in [1.807, 2.05) is 74.5 Å². The Morgan fingerprint density at radius 3 is 2.50 bits per heavy atom. The third-order valence-corrected chi connectivity index (χ3v) is 7.17. The third-order valence-electron chi connectivity index (χ3n) is 4.89. The minimum atomic E-state index is -0.314. The number of carbonyl (C=O) groups excluding carboxylic acids is 2. The number of nitrogens with one attached hydrogen (secondary N) is 2. The van der Waals surface area contributed by atoms with Gasteiger partial charge in [-0.15, -0.1) is 10.2 Å². The van der Waals surface area contributed by atoms with E-state index in [0.29, 0.717) is 21.5 Å². The number of amides is 2. The first-order valence-electron chi connectivity index (χ1n) is 10.2. The zero-order chi connectivity index (χ0) is 22.5. The number of carbonyl (C=O) groups is 2. The van der Waals surface area contributed by atoms with E-state index < -0.39 is 0 Å². The Hall–Kier alpha value is -3.23. The van der Waals surface area contributed by atoms with Gasteiger partial charge >= 0.3 is 0 Å². The molecule has 0 aliphatic heterocycles. The van der Waals surface area contributed by atoms with Crippen molar-refractivity contribution in [2.75, 3.05) is 10.6 Å². The summed E-state index contributed by atoms with van der Waals surface area (Å²) in [6.45, 7) is 3.96. The number of fused-ring (bicyclic) bond motifs is 1. The Morgan fingerprint density at radius 1 is 0.969 bits per heavy atom. The fourth-order valence-corrected chi connectivity index (χ4v) is 5.11. The van der Waals surface area contributed by atoms with E-state index in [1.54, 1.807) is 6.07 Å². The quantitative estimate of drug-likeness (QED) is 0.269. The number of nitrogens with zero attached hydrogens (tertiary/aromatic N) is 2. The topological polar surface area (TPSA) is 84.0 Å². The number of benzene rings is 3. The van der Waals surface area contributed by atoms with Crippen molar-refractivity contribution >= 4 is 56.5 Å². The van der Waals surface area contributed by atoms with Gasteiger partial charge in [0.15, 0.2) is 4.34 Å². The number of thioether (sulfide) groups is 1. The first kappa shape index (κ1) is 22.0. The Labute approximate surface area is 194 Å². The zero-order valence-corrected chi connectivity index (χ0v) is 19.3. The van der Waals surface area contributed by atoms with E-state index in [-0.39, 0.29) is 17.1 Å². The lowest BCUT2D eigenvalue weighted by Gasteiger charge is -2.13. The molecule has 1 atom stereocenters. The largest absolute Gasteiger partial charge is 0.325 e. The van der Waals surface area contributed by atoms with E-state index in [9.17, 15) is 9.59 Å². The maximum absolute atomic E-state index is 12.8. The first-order valence-corrected chi connectivity index (χ1v) is 11.9. The molecule has 0 fully saturated rings. The molecule has 6 nitrogen and oxygen atoms in total. The van der Waals surface area contributed by atoms with Crippen molar-refractivity contribution in [2.45, 2.75) is 29.9 Å². The van der Waals surface area contributed by atoms with Crippen molar-refractivity contribution in [1.82, 2.24) is 10.2 Å². The predicted molar refractivity (Wildman–Crippen MR) is 132 cm³/mol. The number of hydrogen-bond acceptors (Lipinski definition) is 6. The van der Waals surface area contributed by atoms with Gasteiger partial charge in [-0.3, -0.25) is 14.9 Å². The molecule has 0 spiro atoms. The summed E-state index contributed by atoms with van der Waals surface area (Å²) in [6, 6.07) is 21.0. The van der Waals surface area contributed by atoms with E-state index in [2.05, 4.69) is 20.8 Å².